The number of benzene rings is 1. The van der Waals surface area contributed by atoms with Crippen molar-refractivity contribution in [2.45, 2.75) is 124 Å². The second-order valence-corrected chi connectivity index (χ2v) is 10.8. The molecule has 2 rings (SSSR count). The van der Waals surface area contributed by atoms with Gasteiger partial charge in [0, 0.05) is 6.54 Å². The standard InChI is InChI=1S/C31H49NO4/c1-4-5-6-7-8-9-10-11-12-13-14-15-16-17-18-19-22-36-31(35)26-20-21-27-28(23-26)30(34)32(29(27)33)24-25(2)3/h20-21,23,25H,4-19,22,24H2,1-3H3. The van der Waals surface area contributed by atoms with Crippen molar-refractivity contribution in [2.75, 3.05) is 13.2 Å². The van der Waals surface area contributed by atoms with Crippen LogP contribution in [0.4, 0.5) is 0 Å². The van der Waals surface area contributed by atoms with Crippen molar-refractivity contribution in [3.8, 4) is 0 Å². The van der Waals surface area contributed by atoms with E-state index in [0.29, 0.717) is 29.8 Å². The van der Waals surface area contributed by atoms with Crippen molar-refractivity contribution in [1.82, 2.24) is 4.90 Å². The normalized spacial score (nSPS) is 13.1. The third kappa shape index (κ3) is 10.4. The van der Waals surface area contributed by atoms with Crippen LogP contribution in [0.15, 0.2) is 18.2 Å². The largest absolute Gasteiger partial charge is 0.462 e. The molecule has 5 heteroatoms. The number of ether oxygens (including phenoxy) is 1. The van der Waals surface area contributed by atoms with Crippen molar-refractivity contribution in [3.63, 3.8) is 0 Å². The van der Waals surface area contributed by atoms with Crippen LogP contribution in [0, 0.1) is 5.92 Å². The maximum absolute atomic E-state index is 12.6. The van der Waals surface area contributed by atoms with E-state index in [4.69, 9.17) is 4.74 Å². The lowest BCUT2D eigenvalue weighted by molar-refractivity contribution is 0.0497. The number of hydrogen-bond acceptors (Lipinski definition) is 4. The third-order valence-corrected chi connectivity index (χ3v) is 6.99. The minimum Gasteiger partial charge on any atom is -0.462 e. The van der Waals surface area contributed by atoms with Crippen LogP contribution in [-0.2, 0) is 4.74 Å². The lowest BCUT2D eigenvalue weighted by atomic mass is 10.0. The number of carbonyl (C=O) groups is 3. The lowest BCUT2D eigenvalue weighted by Crippen LogP contribution is -2.33. The first-order chi connectivity index (χ1) is 17.5. The molecule has 0 aliphatic carbocycles. The molecule has 202 valence electrons. The van der Waals surface area contributed by atoms with Gasteiger partial charge in [0.15, 0.2) is 0 Å². The number of carbonyl (C=O) groups excluding carboxylic acids is 3. The smallest absolute Gasteiger partial charge is 0.338 e. The first-order valence-corrected chi connectivity index (χ1v) is 14.6. The second-order valence-electron chi connectivity index (χ2n) is 10.8. The quantitative estimate of drug-likeness (QED) is 0.103. The summed E-state index contributed by atoms with van der Waals surface area (Å²) in [6.45, 7) is 6.97. The van der Waals surface area contributed by atoms with Gasteiger partial charge < -0.3 is 4.74 Å². The van der Waals surface area contributed by atoms with Gasteiger partial charge >= 0.3 is 5.97 Å². The van der Waals surface area contributed by atoms with E-state index in [-0.39, 0.29) is 17.7 Å². The number of amides is 2. The van der Waals surface area contributed by atoms with Crippen LogP contribution in [0.25, 0.3) is 0 Å². The molecule has 36 heavy (non-hydrogen) atoms. The van der Waals surface area contributed by atoms with Gasteiger partial charge in [-0.3, -0.25) is 14.5 Å². The fourth-order valence-electron chi connectivity index (χ4n) is 4.85. The van der Waals surface area contributed by atoms with Crippen LogP contribution in [0.3, 0.4) is 0 Å². The monoisotopic (exact) mass is 499 g/mol. The molecule has 0 saturated heterocycles. The highest BCUT2D eigenvalue weighted by atomic mass is 16.5. The maximum Gasteiger partial charge on any atom is 0.338 e. The molecule has 0 saturated carbocycles. The molecule has 0 N–H and O–H groups in total. The van der Waals surface area contributed by atoms with Gasteiger partial charge in [-0.1, -0.05) is 117 Å². The van der Waals surface area contributed by atoms with E-state index in [2.05, 4.69) is 6.92 Å². The Morgan fingerprint density at radius 1 is 0.722 bits per heavy atom. The van der Waals surface area contributed by atoms with Gasteiger partial charge in [-0.15, -0.1) is 0 Å². The minimum atomic E-state index is -0.429. The van der Waals surface area contributed by atoms with E-state index in [0.717, 1.165) is 12.8 Å². The van der Waals surface area contributed by atoms with E-state index in [1.807, 2.05) is 13.8 Å². The molecule has 5 nitrogen and oxygen atoms in total. The summed E-state index contributed by atoms with van der Waals surface area (Å²) in [4.78, 5) is 38.7. The Labute approximate surface area is 219 Å². The molecule has 1 aliphatic rings. The Kier molecular flexibility index (Phi) is 14.5. The van der Waals surface area contributed by atoms with Crippen molar-refractivity contribution in [2.24, 2.45) is 5.92 Å². The molecule has 0 fully saturated rings. The average Bonchev–Trinajstić information content (AvgIpc) is 3.09. The zero-order chi connectivity index (χ0) is 26.2. The summed E-state index contributed by atoms with van der Waals surface area (Å²) in [5.74, 6) is -0.842. The summed E-state index contributed by atoms with van der Waals surface area (Å²) in [5.41, 5.74) is 1.00. The number of unbranched alkanes of at least 4 members (excludes halogenated alkanes) is 15. The van der Waals surface area contributed by atoms with Crippen molar-refractivity contribution in [1.29, 1.82) is 0 Å². The number of imide groups is 1. The highest BCUT2D eigenvalue weighted by molar-refractivity contribution is 6.21. The summed E-state index contributed by atoms with van der Waals surface area (Å²) in [6, 6.07) is 4.66. The molecule has 0 spiro atoms. The first kappa shape index (κ1) is 30.1. The SMILES string of the molecule is CCCCCCCCCCCCCCCCCCOC(=O)c1ccc2c(c1)C(=O)N(CC(C)C)C2=O. The molecule has 1 aromatic rings. The topological polar surface area (TPSA) is 63.7 Å². The number of rotatable bonds is 20. The minimum absolute atomic E-state index is 0.191. The summed E-state index contributed by atoms with van der Waals surface area (Å²) in [5, 5.41) is 0. The Morgan fingerprint density at radius 2 is 1.19 bits per heavy atom. The summed E-state index contributed by atoms with van der Waals surface area (Å²) in [7, 11) is 0. The molecular formula is C31H49NO4. The number of fused-ring (bicyclic) bond motifs is 1. The molecule has 1 heterocycles. The molecule has 2 amide bonds. The van der Waals surface area contributed by atoms with Crippen molar-refractivity contribution >= 4 is 17.8 Å². The van der Waals surface area contributed by atoms with Crippen molar-refractivity contribution < 1.29 is 19.1 Å². The molecule has 0 bridgehead atoms. The van der Waals surface area contributed by atoms with Gasteiger partial charge in [0.2, 0.25) is 0 Å². The average molecular weight is 500 g/mol. The third-order valence-electron chi connectivity index (χ3n) is 6.99. The van der Waals surface area contributed by atoms with E-state index in [1.54, 1.807) is 12.1 Å². The van der Waals surface area contributed by atoms with Gasteiger partial charge in [-0.05, 0) is 30.5 Å². The molecule has 1 aromatic carbocycles. The van der Waals surface area contributed by atoms with E-state index in [9.17, 15) is 14.4 Å². The Morgan fingerprint density at radius 3 is 1.69 bits per heavy atom. The number of hydrogen-bond donors (Lipinski definition) is 0. The Hall–Kier alpha value is -2.17. The van der Waals surface area contributed by atoms with E-state index < -0.39 is 5.97 Å². The Balaban J connectivity index is 1.49. The van der Waals surface area contributed by atoms with Crippen LogP contribution < -0.4 is 0 Å². The van der Waals surface area contributed by atoms with Crippen LogP contribution in [-0.4, -0.2) is 35.8 Å². The van der Waals surface area contributed by atoms with Gasteiger partial charge in [0.1, 0.15) is 0 Å². The fourth-order valence-corrected chi connectivity index (χ4v) is 4.85. The van der Waals surface area contributed by atoms with E-state index >= 15 is 0 Å². The number of esters is 1. The molecular weight excluding hydrogens is 450 g/mol. The highest BCUT2D eigenvalue weighted by Gasteiger charge is 2.36. The Bertz CT molecular complexity index is 817. The highest BCUT2D eigenvalue weighted by Crippen LogP contribution is 2.25. The zero-order valence-electron chi connectivity index (χ0n) is 23.1. The molecule has 0 atom stereocenters. The molecule has 0 aromatic heterocycles. The number of nitrogens with zero attached hydrogens (tertiary/aromatic N) is 1. The van der Waals surface area contributed by atoms with Gasteiger partial charge in [0.25, 0.3) is 11.8 Å². The maximum atomic E-state index is 12.6. The molecule has 1 aliphatic heterocycles. The predicted octanol–water partition coefficient (Wildman–Crippen LogP) is 8.36. The summed E-state index contributed by atoms with van der Waals surface area (Å²) in [6.07, 6.45) is 20.9. The predicted molar refractivity (Wildman–Crippen MR) is 146 cm³/mol. The van der Waals surface area contributed by atoms with Gasteiger partial charge in [0.05, 0.1) is 23.3 Å². The first-order valence-electron chi connectivity index (χ1n) is 14.6. The van der Waals surface area contributed by atoms with E-state index in [1.165, 1.54) is 101 Å². The zero-order valence-corrected chi connectivity index (χ0v) is 23.1. The van der Waals surface area contributed by atoms with Gasteiger partial charge in [-0.2, -0.15) is 0 Å². The fraction of sp³-hybridized carbons (Fsp3) is 0.710. The summed E-state index contributed by atoms with van der Waals surface area (Å²) < 4.78 is 5.41. The molecule has 0 radical (unpaired) electrons. The van der Waals surface area contributed by atoms with Crippen LogP contribution in [0.5, 0.6) is 0 Å². The lowest BCUT2D eigenvalue weighted by Gasteiger charge is -2.15. The van der Waals surface area contributed by atoms with Crippen molar-refractivity contribution in [3.05, 3.63) is 34.9 Å². The summed E-state index contributed by atoms with van der Waals surface area (Å²) >= 11 is 0. The molecule has 0 unspecified atom stereocenters. The van der Waals surface area contributed by atoms with Crippen LogP contribution >= 0.6 is 0 Å². The van der Waals surface area contributed by atoms with Crippen LogP contribution in [0.2, 0.25) is 0 Å². The van der Waals surface area contributed by atoms with Gasteiger partial charge in [-0.25, -0.2) is 4.79 Å². The second kappa shape index (κ2) is 17.3. The van der Waals surface area contributed by atoms with Crippen LogP contribution in [0.1, 0.15) is 155 Å².